The Balaban J connectivity index is 1.52. The summed E-state index contributed by atoms with van der Waals surface area (Å²) in [7, 11) is 0. The van der Waals surface area contributed by atoms with E-state index in [1.54, 1.807) is 43.3 Å². The first-order valence-corrected chi connectivity index (χ1v) is 10.7. The number of hydrogen-bond donors (Lipinski definition) is 1. The zero-order valence-electron chi connectivity index (χ0n) is 18.2. The highest BCUT2D eigenvalue weighted by Gasteiger charge is 2.45. The van der Waals surface area contributed by atoms with Gasteiger partial charge >= 0.3 is 5.97 Å². The Morgan fingerprint density at radius 3 is 2.24 bits per heavy atom. The van der Waals surface area contributed by atoms with Crippen molar-refractivity contribution in [2.24, 2.45) is 5.92 Å². The van der Waals surface area contributed by atoms with Gasteiger partial charge in [0, 0.05) is 0 Å². The molecule has 2 aromatic carbocycles. The molecule has 0 saturated heterocycles. The van der Waals surface area contributed by atoms with Crippen molar-refractivity contribution in [3.8, 4) is 0 Å². The average molecular weight is 449 g/mol. The summed E-state index contributed by atoms with van der Waals surface area (Å²) in [6.45, 7) is 2.73. The molecule has 2 heterocycles. The molecule has 0 saturated carbocycles. The number of hydrogen-bond acceptors (Lipinski definition) is 6. The number of para-hydroxylation sites is 2. The summed E-state index contributed by atoms with van der Waals surface area (Å²) < 4.78 is 5.29. The zero-order chi connectivity index (χ0) is 23.7. The molecule has 170 valence electrons. The van der Waals surface area contributed by atoms with Crippen molar-refractivity contribution in [3.05, 3.63) is 59.7 Å². The molecule has 0 aliphatic carbocycles. The van der Waals surface area contributed by atoms with Crippen LogP contribution < -0.4 is 10.2 Å². The van der Waals surface area contributed by atoms with Crippen LogP contribution in [0, 0.1) is 5.92 Å². The quantitative estimate of drug-likeness (QED) is 0.535. The Morgan fingerprint density at radius 1 is 1.00 bits per heavy atom. The van der Waals surface area contributed by atoms with E-state index in [-0.39, 0.29) is 23.6 Å². The molecule has 9 nitrogen and oxygen atoms in total. The van der Waals surface area contributed by atoms with Crippen LogP contribution in [0.4, 0.5) is 11.4 Å². The maximum atomic E-state index is 13.1. The third kappa shape index (κ3) is 3.97. The zero-order valence-corrected chi connectivity index (χ0v) is 18.2. The molecule has 0 aromatic heterocycles. The fourth-order valence-corrected chi connectivity index (χ4v) is 4.03. The van der Waals surface area contributed by atoms with Crippen LogP contribution in [-0.2, 0) is 19.1 Å². The van der Waals surface area contributed by atoms with Crippen LogP contribution in [0.3, 0.4) is 0 Å². The van der Waals surface area contributed by atoms with Crippen molar-refractivity contribution in [1.29, 1.82) is 0 Å². The van der Waals surface area contributed by atoms with Crippen LogP contribution >= 0.6 is 0 Å². The lowest BCUT2D eigenvalue weighted by Crippen LogP contribution is -2.50. The monoisotopic (exact) mass is 449 g/mol. The maximum Gasteiger partial charge on any atom is 0.330 e. The fraction of sp³-hybridized carbons (Fsp3) is 0.292. The highest BCUT2D eigenvalue weighted by atomic mass is 16.5. The van der Waals surface area contributed by atoms with E-state index in [1.807, 2.05) is 6.92 Å². The molecule has 33 heavy (non-hydrogen) atoms. The van der Waals surface area contributed by atoms with Gasteiger partial charge in [0.25, 0.3) is 17.7 Å². The molecular formula is C24H23N3O6. The molecule has 0 unspecified atom stereocenters. The Bertz CT molecular complexity index is 1130. The van der Waals surface area contributed by atoms with Crippen molar-refractivity contribution < 1.29 is 28.7 Å². The highest BCUT2D eigenvalue weighted by Crippen LogP contribution is 2.30. The van der Waals surface area contributed by atoms with Crippen molar-refractivity contribution in [2.75, 3.05) is 23.4 Å². The predicted molar refractivity (Wildman–Crippen MR) is 119 cm³/mol. The average Bonchev–Trinajstić information content (AvgIpc) is 3.07. The lowest BCUT2D eigenvalue weighted by molar-refractivity contribution is -0.153. The first kappa shape index (κ1) is 22.2. The molecule has 0 bridgehead atoms. The largest absolute Gasteiger partial charge is 0.454 e. The Labute approximate surface area is 190 Å². The molecule has 9 heteroatoms. The molecule has 2 aromatic rings. The summed E-state index contributed by atoms with van der Waals surface area (Å²) in [5, 5.41) is 2.68. The lowest BCUT2D eigenvalue weighted by Gasteiger charge is -2.30. The summed E-state index contributed by atoms with van der Waals surface area (Å²) in [6.07, 6.45) is 0.501. The number of benzene rings is 2. The minimum atomic E-state index is -1.17. The van der Waals surface area contributed by atoms with Crippen LogP contribution in [0.25, 0.3) is 0 Å². The molecule has 4 amide bonds. The second-order valence-corrected chi connectivity index (χ2v) is 8.01. The van der Waals surface area contributed by atoms with E-state index < -0.39 is 42.3 Å². The van der Waals surface area contributed by atoms with E-state index in [1.165, 1.54) is 17.0 Å². The van der Waals surface area contributed by atoms with Crippen molar-refractivity contribution in [2.45, 2.75) is 26.3 Å². The van der Waals surface area contributed by atoms with Crippen molar-refractivity contribution in [3.63, 3.8) is 0 Å². The van der Waals surface area contributed by atoms with Gasteiger partial charge in [-0.25, -0.2) is 4.79 Å². The van der Waals surface area contributed by atoms with E-state index in [4.69, 9.17) is 4.74 Å². The molecular weight excluding hydrogens is 426 g/mol. The summed E-state index contributed by atoms with van der Waals surface area (Å²) in [5.74, 6) is -3.32. The Morgan fingerprint density at radius 2 is 1.61 bits per heavy atom. The van der Waals surface area contributed by atoms with Crippen molar-refractivity contribution in [1.82, 2.24) is 4.90 Å². The molecule has 2 aliphatic heterocycles. The lowest BCUT2D eigenvalue weighted by atomic mass is 9.97. The van der Waals surface area contributed by atoms with Gasteiger partial charge in [0.05, 0.1) is 22.5 Å². The standard InChI is InChI=1S/C24H23N3O6/c1-3-14(2)21(27-22(30)15-8-4-5-9-16(15)23(27)31)24(32)33-13-20(29)26-12-19(28)25-17-10-6-7-11-18(17)26/h4-11,14,21H,3,12-13H2,1-2H3,(H,25,28)/t14-,21-/m0/s1. The van der Waals surface area contributed by atoms with E-state index >= 15 is 0 Å². The SMILES string of the molecule is CC[C@H](C)[C@@H](C(=O)OCC(=O)N1CC(=O)Nc2ccccc21)N1C(=O)c2ccccc2C1=O. The second-order valence-electron chi connectivity index (χ2n) is 8.01. The van der Waals surface area contributed by atoms with Crippen LogP contribution in [0.5, 0.6) is 0 Å². The molecule has 0 radical (unpaired) electrons. The first-order valence-electron chi connectivity index (χ1n) is 10.7. The molecule has 1 N–H and O–H groups in total. The highest BCUT2D eigenvalue weighted by molar-refractivity contribution is 6.22. The van der Waals surface area contributed by atoms with Gasteiger partial charge in [-0.15, -0.1) is 0 Å². The number of nitrogens with zero attached hydrogens (tertiary/aromatic N) is 2. The summed E-state index contributed by atoms with van der Waals surface area (Å²) >= 11 is 0. The van der Waals surface area contributed by atoms with Gasteiger partial charge in [-0.05, 0) is 30.2 Å². The number of fused-ring (bicyclic) bond motifs is 2. The number of rotatable bonds is 6. The van der Waals surface area contributed by atoms with Gasteiger partial charge in [-0.3, -0.25) is 29.0 Å². The smallest absolute Gasteiger partial charge is 0.330 e. The Kier molecular flexibility index (Phi) is 5.95. The number of ether oxygens (including phenoxy) is 1. The Hall–Kier alpha value is -4.01. The molecule has 0 spiro atoms. The molecule has 2 atom stereocenters. The minimum absolute atomic E-state index is 0.208. The summed E-state index contributed by atoms with van der Waals surface area (Å²) in [5.41, 5.74) is 1.44. The number of anilines is 2. The van der Waals surface area contributed by atoms with Gasteiger partial charge in [0.2, 0.25) is 5.91 Å². The molecule has 0 fully saturated rings. The van der Waals surface area contributed by atoms with E-state index in [0.717, 1.165) is 4.90 Å². The first-order chi connectivity index (χ1) is 15.8. The van der Waals surface area contributed by atoms with Gasteiger partial charge in [0.15, 0.2) is 6.61 Å². The molecule has 4 rings (SSSR count). The number of amides is 4. The minimum Gasteiger partial charge on any atom is -0.454 e. The van der Waals surface area contributed by atoms with E-state index in [9.17, 15) is 24.0 Å². The summed E-state index contributed by atoms with van der Waals surface area (Å²) in [4.78, 5) is 65.8. The van der Waals surface area contributed by atoms with Gasteiger partial charge in [-0.1, -0.05) is 44.5 Å². The number of carbonyl (C=O) groups is 5. The van der Waals surface area contributed by atoms with Gasteiger partial charge < -0.3 is 10.1 Å². The number of nitrogens with one attached hydrogen (secondary N) is 1. The van der Waals surface area contributed by atoms with Crippen LogP contribution in [0.2, 0.25) is 0 Å². The van der Waals surface area contributed by atoms with Crippen LogP contribution in [-0.4, -0.2) is 53.7 Å². The van der Waals surface area contributed by atoms with Crippen LogP contribution in [0.15, 0.2) is 48.5 Å². The topological polar surface area (TPSA) is 113 Å². The normalized spacial score (nSPS) is 16.6. The number of imide groups is 1. The third-order valence-electron chi connectivity index (χ3n) is 5.94. The van der Waals surface area contributed by atoms with E-state index in [0.29, 0.717) is 17.8 Å². The maximum absolute atomic E-state index is 13.1. The van der Waals surface area contributed by atoms with Crippen molar-refractivity contribution >= 4 is 41.0 Å². The summed E-state index contributed by atoms with van der Waals surface area (Å²) in [6, 6.07) is 12.0. The molecule has 2 aliphatic rings. The predicted octanol–water partition coefficient (Wildman–Crippen LogP) is 2.23. The second kappa shape index (κ2) is 8.85. The third-order valence-corrected chi connectivity index (χ3v) is 5.94. The number of esters is 1. The van der Waals surface area contributed by atoms with Gasteiger partial charge in [0.1, 0.15) is 12.6 Å². The van der Waals surface area contributed by atoms with Crippen LogP contribution in [0.1, 0.15) is 41.0 Å². The van der Waals surface area contributed by atoms with E-state index in [2.05, 4.69) is 5.32 Å². The number of carbonyl (C=O) groups excluding carboxylic acids is 5. The van der Waals surface area contributed by atoms with Gasteiger partial charge in [-0.2, -0.15) is 0 Å². The fourth-order valence-electron chi connectivity index (χ4n) is 4.03.